The van der Waals surface area contributed by atoms with E-state index in [1.54, 1.807) is 36.2 Å². The first-order valence-corrected chi connectivity index (χ1v) is 14.1. The summed E-state index contributed by atoms with van der Waals surface area (Å²) >= 11 is 0. The maximum atomic E-state index is 14.1. The second kappa shape index (κ2) is 12.3. The predicted molar refractivity (Wildman–Crippen MR) is 168 cm³/mol. The Morgan fingerprint density at radius 3 is 2.20 bits per heavy atom. The van der Waals surface area contributed by atoms with Gasteiger partial charge in [-0.05, 0) is 80.4 Å². The molecule has 1 aliphatic heterocycles. The molecule has 0 saturated carbocycles. The molecule has 9 nitrogen and oxygen atoms in total. The van der Waals surface area contributed by atoms with Gasteiger partial charge in [0, 0.05) is 30.3 Å². The Balaban J connectivity index is 1.52. The first kappa shape index (κ1) is 31.1. The van der Waals surface area contributed by atoms with Gasteiger partial charge in [-0.1, -0.05) is 12.1 Å². The molecule has 0 fully saturated rings. The zero-order valence-electron chi connectivity index (χ0n) is 25.8. The van der Waals surface area contributed by atoms with E-state index in [0.717, 1.165) is 11.3 Å². The standard InChI is InChI=1S/C35H33FN2O7/c1-20-7-12-23(36)17-29(20)44-19-27-25(15-16-28-31(27)38(4)34(41)35(2,3)37-28)26-14-13-24(18-30(26)42-5)45-33(40)22-10-8-21(9-11-22)32(39)43-6/h7-18,37H,19H2,1-6H3. The van der Waals surface area contributed by atoms with E-state index in [0.29, 0.717) is 39.4 Å². The quantitative estimate of drug-likeness (QED) is 0.176. The number of benzene rings is 4. The van der Waals surface area contributed by atoms with Crippen LogP contribution in [0.2, 0.25) is 0 Å². The number of nitrogens with one attached hydrogen (secondary N) is 1. The van der Waals surface area contributed by atoms with Gasteiger partial charge in [-0.2, -0.15) is 0 Å². The molecule has 0 aliphatic carbocycles. The van der Waals surface area contributed by atoms with Gasteiger partial charge in [-0.25, -0.2) is 14.0 Å². The molecule has 45 heavy (non-hydrogen) atoms. The minimum atomic E-state index is -0.830. The molecular formula is C35H33FN2O7. The van der Waals surface area contributed by atoms with Gasteiger partial charge in [-0.3, -0.25) is 4.79 Å². The lowest BCUT2D eigenvalue weighted by Gasteiger charge is -2.39. The fourth-order valence-electron chi connectivity index (χ4n) is 5.29. The van der Waals surface area contributed by atoms with Gasteiger partial charge in [-0.15, -0.1) is 0 Å². The number of amides is 1. The van der Waals surface area contributed by atoms with Crippen LogP contribution >= 0.6 is 0 Å². The van der Waals surface area contributed by atoms with Crippen molar-refractivity contribution in [1.82, 2.24) is 0 Å². The molecule has 1 aliphatic rings. The van der Waals surface area contributed by atoms with Gasteiger partial charge in [0.2, 0.25) is 0 Å². The predicted octanol–water partition coefficient (Wildman–Crippen LogP) is 6.56. The number of methoxy groups -OCH3 is 2. The topological polar surface area (TPSA) is 103 Å². The summed E-state index contributed by atoms with van der Waals surface area (Å²) < 4.78 is 36.3. The maximum Gasteiger partial charge on any atom is 0.343 e. The molecular weight excluding hydrogens is 579 g/mol. The summed E-state index contributed by atoms with van der Waals surface area (Å²) in [5, 5.41) is 3.32. The van der Waals surface area contributed by atoms with Crippen LogP contribution in [-0.4, -0.2) is 44.7 Å². The number of anilines is 2. The lowest BCUT2D eigenvalue weighted by atomic mass is 9.91. The normalized spacial score (nSPS) is 13.4. The van der Waals surface area contributed by atoms with Crippen molar-refractivity contribution in [2.45, 2.75) is 32.9 Å². The number of fused-ring (bicyclic) bond motifs is 1. The van der Waals surface area contributed by atoms with Gasteiger partial charge in [0.05, 0.1) is 36.7 Å². The van der Waals surface area contributed by atoms with Gasteiger partial charge < -0.3 is 29.2 Å². The first-order chi connectivity index (χ1) is 21.4. The Bertz CT molecular complexity index is 1800. The lowest BCUT2D eigenvalue weighted by Crippen LogP contribution is -2.52. The third kappa shape index (κ3) is 6.17. The summed E-state index contributed by atoms with van der Waals surface area (Å²) in [6.07, 6.45) is 0. The number of esters is 2. The number of carbonyl (C=O) groups is 3. The second-order valence-corrected chi connectivity index (χ2v) is 11.1. The van der Waals surface area contributed by atoms with E-state index < -0.39 is 23.3 Å². The summed E-state index contributed by atoms with van der Waals surface area (Å²) in [6.45, 7) is 5.47. The molecule has 4 aromatic carbocycles. The number of aryl methyl sites for hydroxylation is 1. The molecule has 0 unspecified atom stereocenters. The largest absolute Gasteiger partial charge is 0.496 e. The van der Waals surface area contributed by atoms with E-state index in [1.807, 2.05) is 32.9 Å². The first-order valence-electron chi connectivity index (χ1n) is 14.1. The monoisotopic (exact) mass is 612 g/mol. The zero-order valence-corrected chi connectivity index (χ0v) is 25.8. The van der Waals surface area contributed by atoms with Crippen molar-refractivity contribution >= 4 is 29.2 Å². The molecule has 0 bridgehead atoms. The molecule has 4 aromatic rings. The highest BCUT2D eigenvalue weighted by Gasteiger charge is 2.38. The molecule has 0 saturated heterocycles. The maximum absolute atomic E-state index is 14.1. The summed E-state index contributed by atoms with van der Waals surface area (Å²) in [6, 6.07) is 19.0. The van der Waals surface area contributed by atoms with Crippen LogP contribution in [0, 0.1) is 12.7 Å². The second-order valence-electron chi connectivity index (χ2n) is 11.1. The van der Waals surface area contributed by atoms with Crippen molar-refractivity contribution in [2.75, 3.05) is 31.5 Å². The van der Waals surface area contributed by atoms with Crippen molar-refractivity contribution < 1.29 is 37.7 Å². The van der Waals surface area contributed by atoms with Crippen LogP contribution in [0.4, 0.5) is 15.8 Å². The third-order valence-electron chi connectivity index (χ3n) is 7.64. The van der Waals surface area contributed by atoms with Gasteiger partial charge in [0.25, 0.3) is 5.91 Å². The Morgan fingerprint density at radius 1 is 0.867 bits per heavy atom. The number of rotatable bonds is 8. The van der Waals surface area contributed by atoms with Crippen LogP contribution in [0.25, 0.3) is 11.1 Å². The van der Waals surface area contributed by atoms with Crippen molar-refractivity contribution in [1.29, 1.82) is 0 Å². The number of nitrogens with zero attached hydrogens (tertiary/aromatic N) is 1. The van der Waals surface area contributed by atoms with E-state index in [2.05, 4.69) is 5.32 Å². The van der Waals surface area contributed by atoms with Gasteiger partial charge in [0.1, 0.15) is 35.2 Å². The highest BCUT2D eigenvalue weighted by molar-refractivity contribution is 6.09. The van der Waals surface area contributed by atoms with Crippen LogP contribution in [0.3, 0.4) is 0 Å². The Labute approximate surface area is 260 Å². The average Bonchev–Trinajstić information content (AvgIpc) is 3.03. The van der Waals surface area contributed by atoms with E-state index in [-0.39, 0.29) is 23.8 Å². The van der Waals surface area contributed by atoms with E-state index in [1.165, 1.54) is 50.6 Å². The molecule has 5 rings (SSSR count). The minimum Gasteiger partial charge on any atom is -0.496 e. The summed E-state index contributed by atoms with van der Waals surface area (Å²) in [5.41, 5.74) is 3.88. The number of likely N-dealkylation sites (N-methyl/N-ethyl adjacent to an activating group) is 1. The van der Waals surface area contributed by atoms with Crippen molar-refractivity contribution in [3.05, 3.63) is 101 Å². The number of ether oxygens (including phenoxy) is 4. The number of halogens is 1. The smallest absolute Gasteiger partial charge is 0.343 e. The van der Waals surface area contributed by atoms with Crippen LogP contribution in [-0.2, 0) is 16.1 Å². The van der Waals surface area contributed by atoms with Gasteiger partial charge >= 0.3 is 11.9 Å². The Morgan fingerprint density at radius 2 is 1.53 bits per heavy atom. The number of hydrogen-bond donors (Lipinski definition) is 1. The Kier molecular flexibility index (Phi) is 8.50. The molecule has 1 N–H and O–H groups in total. The van der Waals surface area contributed by atoms with Crippen LogP contribution in [0.15, 0.2) is 72.8 Å². The average molecular weight is 613 g/mol. The SMILES string of the molecule is COC(=O)c1ccc(C(=O)Oc2ccc(-c3ccc4c(c3COc3cc(F)ccc3C)N(C)C(=O)C(C)(C)N4)c(OC)c2)cc1. The molecule has 0 radical (unpaired) electrons. The van der Waals surface area contributed by atoms with Crippen LogP contribution in [0.1, 0.15) is 45.7 Å². The molecule has 232 valence electrons. The molecule has 0 aromatic heterocycles. The zero-order chi connectivity index (χ0) is 32.5. The fourth-order valence-corrected chi connectivity index (χ4v) is 5.29. The van der Waals surface area contributed by atoms with Crippen molar-refractivity contribution in [2.24, 2.45) is 0 Å². The van der Waals surface area contributed by atoms with Crippen molar-refractivity contribution in [3.8, 4) is 28.4 Å². The van der Waals surface area contributed by atoms with Crippen LogP contribution < -0.4 is 24.4 Å². The van der Waals surface area contributed by atoms with E-state index >= 15 is 0 Å². The molecule has 1 amide bonds. The third-order valence-corrected chi connectivity index (χ3v) is 7.64. The fraction of sp³-hybridized carbons (Fsp3) is 0.229. The molecule has 0 atom stereocenters. The molecule has 1 heterocycles. The molecule has 0 spiro atoms. The van der Waals surface area contributed by atoms with Crippen LogP contribution in [0.5, 0.6) is 17.2 Å². The highest BCUT2D eigenvalue weighted by Crippen LogP contribution is 2.45. The Hall–Kier alpha value is -5.38. The summed E-state index contributed by atoms with van der Waals surface area (Å²) in [5.74, 6) is -0.670. The number of hydrogen-bond acceptors (Lipinski definition) is 8. The molecule has 10 heteroatoms. The summed E-state index contributed by atoms with van der Waals surface area (Å²) in [4.78, 5) is 39.5. The van der Waals surface area contributed by atoms with E-state index in [4.69, 9.17) is 18.9 Å². The van der Waals surface area contributed by atoms with Crippen molar-refractivity contribution in [3.63, 3.8) is 0 Å². The number of carbonyl (C=O) groups excluding carboxylic acids is 3. The van der Waals surface area contributed by atoms with Gasteiger partial charge in [0.15, 0.2) is 0 Å². The van der Waals surface area contributed by atoms with E-state index in [9.17, 15) is 18.8 Å². The lowest BCUT2D eigenvalue weighted by molar-refractivity contribution is -0.121. The minimum absolute atomic E-state index is 0.0178. The highest BCUT2D eigenvalue weighted by atomic mass is 19.1. The summed E-state index contributed by atoms with van der Waals surface area (Å²) in [7, 11) is 4.49.